The van der Waals surface area contributed by atoms with E-state index in [9.17, 15) is 9.18 Å². The van der Waals surface area contributed by atoms with E-state index in [-0.39, 0.29) is 17.6 Å². The molecule has 2 aliphatic rings. The fraction of sp³-hybridized carbons (Fsp3) is 0.464. The average molecular weight is 463 g/mol. The Balaban J connectivity index is 1.29. The van der Waals surface area contributed by atoms with Gasteiger partial charge in [-0.3, -0.25) is 4.79 Å². The number of rotatable bonds is 6. The van der Waals surface area contributed by atoms with Crippen LogP contribution in [0.5, 0.6) is 0 Å². The summed E-state index contributed by atoms with van der Waals surface area (Å²) in [6, 6.07) is 13.4. The molecule has 0 aliphatic carbocycles. The van der Waals surface area contributed by atoms with E-state index in [0.717, 1.165) is 53.5 Å². The fourth-order valence-corrected chi connectivity index (χ4v) is 5.63. The summed E-state index contributed by atoms with van der Waals surface area (Å²) in [6.45, 7) is 5.96. The summed E-state index contributed by atoms with van der Waals surface area (Å²) < 4.78 is 16.7. The molecular formula is C28H35FN4O. The predicted molar refractivity (Wildman–Crippen MR) is 134 cm³/mol. The molecule has 3 aromatic rings. The van der Waals surface area contributed by atoms with Crippen LogP contribution in [0.3, 0.4) is 0 Å². The zero-order valence-electron chi connectivity index (χ0n) is 19.9. The van der Waals surface area contributed by atoms with Crippen molar-refractivity contribution < 1.29 is 9.18 Å². The van der Waals surface area contributed by atoms with Crippen LogP contribution in [0.15, 0.2) is 48.7 Å². The first-order chi connectivity index (χ1) is 16.6. The van der Waals surface area contributed by atoms with Crippen LogP contribution in [-0.4, -0.2) is 53.0 Å². The van der Waals surface area contributed by atoms with Gasteiger partial charge in [0.2, 0.25) is 0 Å². The van der Waals surface area contributed by atoms with Gasteiger partial charge in [-0.25, -0.2) is 4.39 Å². The Morgan fingerprint density at radius 3 is 2.50 bits per heavy atom. The number of halogens is 1. The lowest BCUT2D eigenvalue weighted by atomic mass is 9.88. The van der Waals surface area contributed by atoms with E-state index in [4.69, 9.17) is 5.73 Å². The van der Waals surface area contributed by atoms with Crippen molar-refractivity contribution in [2.75, 3.05) is 32.7 Å². The first kappa shape index (κ1) is 23.1. The highest BCUT2D eigenvalue weighted by Crippen LogP contribution is 2.32. The molecule has 2 N–H and O–H groups in total. The molecule has 0 unspecified atom stereocenters. The van der Waals surface area contributed by atoms with Crippen molar-refractivity contribution in [3.8, 4) is 0 Å². The molecule has 0 atom stereocenters. The van der Waals surface area contributed by atoms with Crippen LogP contribution in [0, 0.1) is 5.82 Å². The van der Waals surface area contributed by atoms with Crippen LogP contribution in [0.1, 0.15) is 59.5 Å². The number of carbonyl (C=O) groups excluding carboxylic acids is 1. The summed E-state index contributed by atoms with van der Waals surface area (Å²) in [6.07, 6.45) is 7.49. The van der Waals surface area contributed by atoms with Gasteiger partial charge in [-0.05, 0) is 68.0 Å². The lowest BCUT2D eigenvalue weighted by molar-refractivity contribution is 0.0714. The van der Waals surface area contributed by atoms with Gasteiger partial charge in [0.15, 0.2) is 0 Å². The number of hydrogen-bond donors (Lipinski definition) is 1. The smallest absolute Gasteiger partial charge is 0.256 e. The van der Waals surface area contributed by atoms with Gasteiger partial charge in [0.25, 0.3) is 5.91 Å². The number of fused-ring (bicyclic) bond motifs is 1. The van der Waals surface area contributed by atoms with Gasteiger partial charge in [-0.1, -0.05) is 36.8 Å². The molecule has 1 amide bonds. The number of hydrogen-bond acceptors (Lipinski definition) is 3. The van der Waals surface area contributed by atoms with Crippen LogP contribution in [0.2, 0.25) is 0 Å². The number of nitrogens with zero attached hydrogens (tertiary/aromatic N) is 3. The van der Waals surface area contributed by atoms with Gasteiger partial charge >= 0.3 is 0 Å². The molecule has 180 valence electrons. The Labute approximate surface area is 201 Å². The van der Waals surface area contributed by atoms with E-state index < -0.39 is 0 Å². The molecule has 2 aromatic carbocycles. The molecule has 5 rings (SSSR count). The summed E-state index contributed by atoms with van der Waals surface area (Å²) in [4.78, 5) is 18.0. The van der Waals surface area contributed by atoms with Gasteiger partial charge in [-0.15, -0.1) is 0 Å². The Bertz CT molecular complexity index is 1140. The number of para-hydroxylation sites is 1. The van der Waals surface area contributed by atoms with Gasteiger partial charge in [0.1, 0.15) is 5.82 Å². The lowest BCUT2D eigenvalue weighted by Gasteiger charge is -2.32. The molecule has 34 heavy (non-hydrogen) atoms. The third-order valence-corrected chi connectivity index (χ3v) is 7.64. The fourth-order valence-electron chi connectivity index (χ4n) is 5.63. The van der Waals surface area contributed by atoms with Gasteiger partial charge < -0.3 is 20.1 Å². The topological polar surface area (TPSA) is 54.5 Å². The average Bonchev–Trinajstić information content (AvgIpc) is 3.27. The van der Waals surface area contributed by atoms with Crippen LogP contribution in [-0.2, 0) is 13.1 Å². The summed E-state index contributed by atoms with van der Waals surface area (Å²) in [5.41, 5.74) is 9.35. The minimum absolute atomic E-state index is 0.0857. The molecule has 1 aromatic heterocycles. The van der Waals surface area contributed by atoms with E-state index >= 15 is 0 Å². The molecule has 0 saturated carbocycles. The molecule has 0 bridgehead atoms. The molecule has 2 saturated heterocycles. The number of amides is 1. The first-order valence-corrected chi connectivity index (χ1v) is 12.7. The van der Waals surface area contributed by atoms with Crippen molar-refractivity contribution in [3.05, 3.63) is 71.2 Å². The monoisotopic (exact) mass is 462 g/mol. The van der Waals surface area contributed by atoms with Crippen LogP contribution in [0.25, 0.3) is 10.9 Å². The van der Waals surface area contributed by atoms with E-state index in [0.29, 0.717) is 19.6 Å². The number of aromatic nitrogens is 1. The molecule has 5 nitrogen and oxygen atoms in total. The van der Waals surface area contributed by atoms with Crippen LogP contribution in [0.4, 0.5) is 4.39 Å². The third-order valence-electron chi connectivity index (χ3n) is 7.64. The van der Waals surface area contributed by atoms with Gasteiger partial charge in [0, 0.05) is 49.8 Å². The van der Waals surface area contributed by atoms with E-state index in [1.54, 1.807) is 6.07 Å². The molecule has 2 fully saturated rings. The lowest BCUT2D eigenvalue weighted by Crippen LogP contribution is -2.38. The quantitative estimate of drug-likeness (QED) is 0.575. The molecule has 0 radical (unpaired) electrons. The minimum atomic E-state index is -0.168. The van der Waals surface area contributed by atoms with Crippen molar-refractivity contribution in [2.24, 2.45) is 5.73 Å². The maximum absolute atomic E-state index is 14.5. The second kappa shape index (κ2) is 10.3. The van der Waals surface area contributed by atoms with Crippen LogP contribution < -0.4 is 5.73 Å². The Morgan fingerprint density at radius 2 is 1.74 bits per heavy atom. The highest BCUT2D eigenvalue weighted by Gasteiger charge is 2.28. The molecular weight excluding hydrogens is 427 g/mol. The minimum Gasteiger partial charge on any atom is -0.345 e. The highest BCUT2D eigenvalue weighted by atomic mass is 19.1. The normalized spacial score (nSPS) is 18.0. The molecule has 2 aliphatic heterocycles. The SMILES string of the molecule is NCc1ccc(F)c(C2CCN(C(=O)c3cn(CCN4CCCCC4)c4ccccc34)CC2)c1. The number of piperidine rings is 2. The Hall–Kier alpha value is -2.70. The highest BCUT2D eigenvalue weighted by molar-refractivity contribution is 6.07. The summed E-state index contributed by atoms with van der Waals surface area (Å²) >= 11 is 0. The summed E-state index contributed by atoms with van der Waals surface area (Å²) in [7, 11) is 0. The van der Waals surface area contributed by atoms with Crippen molar-refractivity contribution >= 4 is 16.8 Å². The molecule has 0 spiro atoms. The zero-order chi connectivity index (χ0) is 23.5. The predicted octanol–water partition coefficient (Wildman–Crippen LogP) is 4.74. The Morgan fingerprint density at radius 1 is 0.971 bits per heavy atom. The number of nitrogens with two attached hydrogens (primary N) is 1. The van der Waals surface area contributed by atoms with Crippen molar-refractivity contribution in [1.82, 2.24) is 14.4 Å². The van der Waals surface area contributed by atoms with E-state index in [2.05, 4.69) is 21.6 Å². The van der Waals surface area contributed by atoms with Gasteiger partial charge in [-0.2, -0.15) is 0 Å². The summed E-state index contributed by atoms with van der Waals surface area (Å²) in [5, 5.41) is 1.02. The molecule has 6 heteroatoms. The number of carbonyl (C=O) groups is 1. The second-order valence-electron chi connectivity index (χ2n) is 9.78. The van der Waals surface area contributed by atoms with Crippen molar-refractivity contribution in [3.63, 3.8) is 0 Å². The maximum Gasteiger partial charge on any atom is 0.256 e. The van der Waals surface area contributed by atoms with Crippen molar-refractivity contribution in [2.45, 2.75) is 51.1 Å². The third kappa shape index (κ3) is 4.75. The van der Waals surface area contributed by atoms with E-state index in [1.165, 1.54) is 38.4 Å². The maximum atomic E-state index is 14.5. The zero-order valence-corrected chi connectivity index (χ0v) is 19.9. The Kier molecular flexibility index (Phi) is 6.97. The summed E-state index contributed by atoms with van der Waals surface area (Å²) in [5.74, 6) is 0.0442. The van der Waals surface area contributed by atoms with Crippen molar-refractivity contribution in [1.29, 1.82) is 0 Å². The van der Waals surface area contributed by atoms with Crippen LogP contribution >= 0.6 is 0 Å². The van der Waals surface area contributed by atoms with E-state index in [1.807, 2.05) is 29.3 Å². The number of likely N-dealkylation sites (tertiary alicyclic amines) is 2. The van der Waals surface area contributed by atoms with Gasteiger partial charge in [0.05, 0.1) is 5.56 Å². The molecule has 3 heterocycles. The second-order valence-corrected chi connectivity index (χ2v) is 9.78. The standard InChI is InChI=1S/C28H35FN4O/c29-26-9-8-21(19-30)18-24(26)22-10-14-32(15-11-22)28(34)25-20-33(27-7-3-2-6-23(25)27)17-16-31-12-4-1-5-13-31/h2-3,6-9,18,20,22H,1,4-5,10-17,19,30H2. The largest absolute Gasteiger partial charge is 0.345 e. The first-order valence-electron chi connectivity index (χ1n) is 12.7. The number of benzene rings is 2.